The van der Waals surface area contributed by atoms with Gasteiger partial charge in [0.25, 0.3) is 0 Å². The zero-order chi connectivity index (χ0) is 9.61. The van der Waals surface area contributed by atoms with E-state index in [0.29, 0.717) is 0 Å². The second-order valence-electron chi connectivity index (χ2n) is 3.85. The molecule has 68 valence electrons. The molecule has 1 atom stereocenters. The van der Waals surface area contributed by atoms with Crippen LogP contribution >= 0.6 is 0 Å². The number of hydrogen-bond acceptors (Lipinski definition) is 1. The minimum Gasteiger partial charge on any atom is -0.198 e. The van der Waals surface area contributed by atoms with Crippen molar-refractivity contribution in [2.45, 2.75) is 47.0 Å². The molecule has 0 aromatic rings. The minimum atomic E-state index is -0.119. The molecule has 0 unspecified atom stereocenters. The molecular formula is C11H19N. The Bertz CT molecular complexity index is 194. The highest BCUT2D eigenvalue weighted by Gasteiger charge is 2.19. The molecule has 0 heterocycles. The molecule has 0 aliphatic rings. The van der Waals surface area contributed by atoms with Crippen LogP contribution in [-0.4, -0.2) is 0 Å². The maximum absolute atomic E-state index is 8.88. The van der Waals surface area contributed by atoms with E-state index < -0.39 is 0 Å². The van der Waals surface area contributed by atoms with Crippen LogP contribution in [0.4, 0.5) is 0 Å². The Morgan fingerprint density at radius 3 is 2.42 bits per heavy atom. The molecule has 0 aliphatic heterocycles. The van der Waals surface area contributed by atoms with Gasteiger partial charge in [0.05, 0.1) is 11.5 Å². The van der Waals surface area contributed by atoms with E-state index >= 15 is 0 Å². The van der Waals surface area contributed by atoms with Crippen molar-refractivity contribution >= 4 is 0 Å². The number of rotatable bonds is 4. The molecule has 0 aliphatic carbocycles. The van der Waals surface area contributed by atoms with Crippen molar-refractivity contribution < 1.29 is 0 Å². The third-order valence-corrected chi connectivity index (χ3v) is 2.30. The molecule has 1 heteroatoms. The Balaban J connectivity index is 3.92. The van der Waals surface area contributed by atoms with Crippen molar-refractivity contribution in [3.05, 3.63) is 11.6 Å². The fourth-order valence-corrected chi connectivity index (χ4v) is 0.991. The van der Waals surface area contributed by atoms with Crippen LogP contribution in [0.1, 0.15) is 47.0 Å². The number of hydrogen-bond donors (Lipinski definition) is 0. The van der Waals surface area contributed by atoms with Crippen LogP contribution in [0.2, 0.25) is 0 Å². The van der Waals surface area contributed by atoms with Gasteiger partial charge >= 0.3 is 0 Å². The standard InChI is InChI=1S/C11H19N/c1-5-11(4,9-12)8-6-7-10(2)3/h7H,5-6,8H2,1-4H3/t11-/m0/s1. The van der Waals surface area contributed by atoms with Gasteiger partial charge in [-0.15, -0.1) is 0 Å². The molecule has 12 heavy (non-hydrogen) atoms. The highest BCUT2D eigenvalue weighted by Crippen LogP contribution is 2.26. The van der Waals surface area contributed by atoms with E-state index in [1.54, 1.807) is 0 Å². The molecule has 0 amide bonds. The summed E-state index contributed by atoms with van der Waals surface area (Å²) >= 11 is 0. The lowest BCUT2D eigenvalue weighted by molar-refractivity contribution is 0.394. The van der Waals surface area contributed by atoms with Crippen LogP contribution in [-0.2, 0) is 0 Å². The lowest BCUT2D eigenvalue weighted by Gasteiger charge is -2.17. The molecule has 0 bridgehead atoms. The van der Waals surface area contributed by atoms with Crippen molar-refractivity contribution in [3.8, 4) is 6.07 Å². The topological polar surface area (TPSA) is 23.8 Å². The van der Waals surface area contributed by atoms with E-state index in [1.807, 2.05) is 6.92 Å². The SMILES string of the molecule is CC[C@](C)(C#N)CCC=C(C)C. The maximum Gasteiger partial charge on any atom is 0.0686 e. The van der Waals surface area contributed by atoms with Gasteiger partial charge in [0, 0.05) is 0 Å². The van der Waals surface area contributed by atoms with Crippen molar-refractivity contribution in [1.82, 2.24) is 0 Å². The van der Waals surface area contributed by atoms with Crippen LogP contribution < -0.4 is 0 Å². The van der Waals surface area contributed by atoms with E-state index in [4.69, 9.17) is 5.26 Å². The summed E-state index contributed by atoms with van der Waals surface area (Å²) in [4.78, 5) is 0. The van der Waals surface area contributed by atoms with Crippen LogP contribution in [0, 0.1) is 16.7 Å². The largest absolute Gasteiger partial charge is 0.198 e. The van der Waals surface area contributed by atoms with E-state index in [1.165, 1.54) is 5.57 Å². The number of allylic oxidation sites excluding steroid dienone is 2. The first-order chi connectivity index (χ1) is 5.54. The molecular weight excluding hydrogens is 146 g/mol. The maximum atomic E-state index is 8.88. The average molecular weight is 165 g/mol. The van der Waals surface area contributed by atoms with Gasteiger partial charge in [0.2, 0.25) is 0 Å². The first-order valence-electron chi connectivity index (χ1n) is 4.58. The molecule has 0 N–H and O–H groups in total. The summed E-state index contributed by atoms with van der Waals surface area (Å²) in [5.74, 6) is 0. The summed E-state index contributed by atoms with van der Waals surface area (Å²) in [7, 11) is 0. The van der Waals surface area contributed by atoms with Crippen molar-refractivity contribution in [3.63, 3.8) is 0 Å². The van der Waals surface area contributed by atoms with Crippen molar-refractivity contribution in [2.75, 3.05) is 0 Å². The third-order valence-electron chi connectivity index (χ3n) is 2.30. The van der Waals surface area contributed by atoms with E-state index in [0.717, 1.165) is 19.3 Å². The molecule has 0 aromatic carbocycles. The molecule has 0 aromatic heterocycles. The number of nitriles is 1. The Labute approximate surface area is 76.1 Å². The fourth-order valence-electron chi connectivity index (χ4n) is 0.991. The highest BCUT2D eigenvalue weighted by molar-refractivity contribution is 4.99. The monoisotopic (exact) mass is 165 g/mol. The summed E-state index contributed by atoms with van der Waals surface area (Å²) in [6.07, 6.45) is 5.15. The van der Waals surface area contributed by atoms with Gasteiger partial charge in [-0.25, -0.2) is 0 Å². The summed E-state index contributed by atoms with van der Waals surface area (Å²) in [5.41, 5.74) is 1.22. The molecule has 0 saturated heterocycles. The van der Waals surface area contributed by atoms with Crippen LogP contribution in [0.25, 0.3) is 0 Å². The molecule has 0 rings (SSSR count). The summed E-state index contributed by atoms with van der Waals surface area (Å²) in [5, 5.41) is 8.88. The lowest BCUT2D eigenvalue weighted by Crippen LogP contribution is -2.11. The molecule has 0 radical (unpaired) electrons. The normalized spacial score (nSPS) is 14.6. The predicted molar refractivity (Wildman–Crippen MR) is 52.7 cm³/mol. The van der Waals surface area contributed by atoms with Gasteiger partial charge in [-0.3, -0.25) is 0 Å². The highest BCUT2D eigenvalue weighted by atomic mass is 14.3. The first kappa shape index (κ1) is 11.2. The Hall–Kier alpha value is -0.770. The predicted octanol–water partition coefficient (Wildman–Crippen LogP) is 3.67. The molecule has 1 nitrogen and oxygen atoms in total. The van der Waals surface area contributed by atoms with Gasteiger partial charge in [0.1, 0.15) is 0 Å². The lowest BCUT2D eigenvalue weighted by atomic mass is 9.84. The second-order valence-corrected chi connectivity index (χ2v) is 3.85. The van der Waals surface area contributed by atoms with Gasteiger partial charge in [-0.2, -0.15) is 5.26 Å². The Kier molecular flexibility index (Phi) is 4.66. The van der Waals surface area contributed by atoms with Gasteiger partial charge in [-0.05, 0) is 40.0 Å². The van der Waals surface area contributed by atoms with Crippen LogP contribution in [0.15, 0.2) is 11.6 Å². The first-order valence-corrected chi connectivity index (χ1v) is 4.58. The minimum absolute atomic E-state index is 0.119. The smallest absolute Gasteiger partial charge is 0.0686 e. The number of nitrogens with zero attached hydrogens (tertiary/aromatic N) is 1. The van der Waals surface area contributed by atoms with E-state index in [-0.39, 0.29) is 5.41 Å². The van der Waals surface area contributed by atoms with E-state index in [9.17, 15) is 0 Å². The quantitative estimate of drug-likeness (QED) is 0.583. The summed E-state index contributed by atoms with van der Waals surface area (Å²) in [6, 6.07) is 2.37. The van der Waals surface area contributed by atoms with Crippen molar-refractivity contribution in [1.29, 1.82) is 5.26 Å². The second kappa shape index (κ2) is 4.98. The van der Waals surface area contributed by atoms with Crippen molar-refractivity contribution in [2.24, 2.45) is 5.41 Å². The summed E-state index contributed by atoms with van der Waals surface area (Å²) in [6.45, 7) is 8.29. The van der Waals surface area contributed by atoms with Crippen LogP contribution in [0.3, 0.4) is 0 Å². The van der Waals surface area contributed by atoms with Gasteiger partial charge in [0.15, 0.2) is 0 Å². The van der Waals surface area contributed by atoms with Gasteiger partial charge < -0.3 is 0 Å². The zero-order valence-electron chi connectivity index (χ0n) is 8.65. The Morgan fingerprint density at radius 2 is 2.08 bits per heavy atom. The van der Waals surface area contributed by atoms with Crippen LogP contribution in [0.5, 0.6) is 0 Å². The fraction of sp³-hybridized carbons (Fsp3) is 0.727. The molecule has 0 spiro atoms. The Morgan fingerprint density at radius 1 is 1.50 bits per heavy atom. The third kappa shape index (κ3) is 4.18. The van der Waals surface area contributed by atoms with Gasteiger partial charge in [-0.1, -0.05) is 18.6 Å². The van der Waals surface area contributed by atoms with E-state index in [2.05, 4.69) is 32.9 Å². The molecule has 0 fully saturated rings. The molecule has 0 saturated carbocycles. The summed E-state index contributed by atoms with van der Waals surface area (Å²) < 4.78 is 0. The average Bonchev–Trinajstić information content (AvgIpc) is 2.03. The zero-order valence-corrected chi connectivity index (χ0v) is 8.65.